The van der Waals surface area contributed by atoms with E-state index >= 15 is 0 Å². The van der Waals surface area contributed by atoms with Crippen LogP contribution in [0, 0.1) is 9.49 Å². The first-order valence-corrected chi connectivity index (χ1v) is 7.01. The number of aromatic hydroxyl groups is 1. The Morgan fingerprint density at radius 3 is 2.72 bits per heavy atom. The molecule has 0 heterocycles. The minimum absolute atomic E-state index is 0.00626. The van der Waals surface area contributed by atoms with Gasteiger partial charge in [-0.2, -0.15) is 0 Å². The number of nitrogens with one attached hydrogen (secondary N) is 1. The Labute approximate surface area is 121 Å². The molecule has 0 fully saturated rings. The van der Waals surface area contributed by atoms with Crippen molar-refractivity contribution in [2.45, 2.75) is 26.3 Å². The molecule has 0 aliphatic carbocycles. The number of hydrogen-bond donors (Lipinski definition) is 3. The van der Waals surface area contributed by atoms with E-state index < -0.39 is 0 Å². The smallest absolute Gasteiger partial charge is 0.255 e. The van der Waals surface area contributed by atoms with Gasteiger partial charge >= 0.3 is 0 Å². The van der Waals surface area contributed by atoms with Crippen LogP contribution >= 0.6 is 22.6 Å². The van der Waals surface area contributed by atoms with Gasteiger partial charge in [-0.25, -0.2) is 0 Å². The number of carbonyl (C=O) groups excluding carboxylic acids is 1. The molecule has 0 saturated carbocycles. The van der Waals surface area contributed by atoms with Crippen molar-refractivity contribution in [2.75, 3.05) is 6.54 Å². The SMILES string of the molecule is CC(C)CC(CN)NC(=O)c1cc(I)ccc1O. The molecule has 1 rings (SSSR count). The highest BCUT2D eigenvalue weighted by Gasteiger charge is 2.16. The summed E-state index contributed by atoms with van der Waals surface area (Å²) in [6.45, 7) is 4.56. The van der Waals surface area contributed by atoms with E-state index in [9.17, 15) is 9.90 Å². The van der Waals surface area contributed by atoms with Crippen LogP contribution in [-0.2, 0) is 0 Å². The Morgan fingerprint density at radius 2 is 2.17 bits per heavy atom. The summed E-state index contributed by atoms with van der Waals surface area (Å²) in [6.07, 6.45) is 0.826. The van der Waals surface area contributed by atoms with Crippen LogP contribution in [0.1, 0.15) is 30.6 Å². The van der Waals surface area contributed by atoms with Crippen LogP contribution in [-0.4, -0.2) is 23.6 Å². The van der Waals surface area contributed by atoms with Crippen molar-refractivity contribution in [3.8, 4) is 5.75 Å². The molecule has 18 heavy (non-hydrogen) atoms. The molecule has 0 aliphatic heterocycles. The zero-order valence-corrected chi connectivity index (χ0v) is 12.8. The molecule has 0 spiro atoms. The number of amides is 1. The van der Waals surface area contributed by atoms with E-state index in [0.717, 1.165) is 9.99 Å². The maximum Gasteiger partial charge on any atom is 0.255 e. The summed E-state index contributed by atoms with van der Waals surface area (Å²) in [5, 5.41) is 12.5. The van der Waals surface area contributed by atoms with Crippen LogP contribution in [0.2, 0.25) is 0 Å². The summed E-state index contributed by atoms with van der Waals surface area (Å²) in [6, 6.07) is 4.88. The number of phenolic OH excluding ortho intramolecular Hbond substituents is 1. The quantitative estimate of drug-likeness (QED) is 0.703. The van der Waals surface area contributed by atoms with Gasteiger partial charge < -0.3 is 16.2 Å². The average Bonchev–Trinajstić information content (AvgIpc) is 2.30. The third-order valence-electron chi connectivity index (χ3n) is 2.58. The number of rotatable bonds is 5. The van der Waals surface area contributed by atoms with Crippen molar-refractivity contribution in [1.82, 2.24) is 5.32 Å². The van der Waals surface area contributed by atoms with Gasteiger partial charge in [0.1, 0.15) is 5.75 Å². The van der Waals surface area contributed by atoms with E-state index in [1.54, 1.807) is 12.1 Å². The number of phenols is 1. The van der Waals surface area contributed by atoms with E-state index in [1.165, 1.54) is 6.07 Å². The lowest BCUT2D eigenvalue weighted by atomic mass is 10.0. The third-order valence-corrected chi connectivity index (χ3v) is 3.25. The molecule has 4 N–H and O–H groups in total. The van der Waals surface area contributed by atoms with Crippen molar-refractivity contribution in [1.29, 1.82) is 0 Å². The van der Waals surface area contributed by atoms with Crippen molar-refractivity contribution >= 4 is 28.5 Å². The third kappa shape index (κ3) is 4.45. The molecule has 0 bridgehead atoms. The average molecular weight is 362 g/mol. The predicted octanol–water partition coefficient (Wildman–Crippen LogP) is 2.10. The van der Waals surface area contributed by atoms with Crippen LogP contribution in [0.5, 0.6) is 5.75 Å². The van der Waals surface area contributed by atoms with Gasteiger partial charge in [-0.3, -0.25) is 4.79 Å². The first-order valence-electron chi connectivity index (χ1n) is 5.93. The highest BCUT2D eigenvalue weighted by Crippen LogP contribution is 2.19. The zero-order valence-electron chi connectivity index (χ0n) is 10.6. The molecule has 4 nitrogen and oxygen atoms in total. The maximum atomic E-state index is 12.0. The van der Waals surface area contributed by atoms with Crippen LogP contribution in [0.3, 0.4) is 0 Å². The number of halogens is 1. The highest BCUT2D eigenvalue weighted by molar-refractivity contribution is 14.1. The number of nitrogens with two attached hydrogens (primary N) is 1. The van der Waals surface area contributed by atoms with Crippen LogP contribution in [0.15, 0.2) is 18.2 Å². The molecule has 1 atom stereocenters. The predicted molar refractivity (Wildman–Crippen MR) is 80.6 cm³/mol. The largest absolute Gasteiger partial charge is 0.507 e. The lowest BCUT2D eigenvalue weighted by Crippen LogP contribution is -2.41. The summed E-state index contributed by atoms with van der Waals surface area (Å²) in [5.74, 6) is 0.179. The first kappa shape index (κ1) is 15.2. The van der Waals surface area contributed by atoms with Gasteiger partial charge in [0.25, 0.3) is 5.91 Å². The van der Waals surface area contributed by atoms with Gasteiger partial charge in [-0.1, -0.05) is 13.8 Å². The summed E-state index contributed by atoms with van der Waals surface area (Å²) >= 11 is 2.10. The Bertz CT molecular complexity index is 421. The fourth-order valence-corrected chi connectivity index (χ4v) is 2.23. The van der Waals surface area contributed by atoms with E-state index in [2.05, 4.69) is 41.8 Å². The minimum Gasteiger partial charge on any atom is -0.507 e. The molecular weight excluding hydrogens is 343 g/mol. The molecule has 1 unspecified atom stereocenters. The van der Waals surface area contributed by atoms with Gasteiger partial charge in [0.15, 0.2) is 0 Å². The molecule has 1 amide bonds. The standard InChI is InChI=1S/C13H19IN2O2/c1-8(2)5-10(7-15)16-13(18)11-6-9(14)3-4-12(11)17/h3-4,6,8,10,17H,5,7,15H2,1-2H3,(H,16,18). The normalized spacial score (nSPS) is 12.5. The van der Waals surface area contributed by atoms with Crippen LogP contribution in [0.4, 0.5) is 0 Å². The molecule has 5 heteroatoms. The topological polar surface area (TPSA) is 75.3 Å². The summed E-state index contributed by atoms with van der Waals surface area (Å²) < 4.78 is 0.906. The molecule has 0 saturated heterocycles. The second-order valence-electron chi connectivity index (χ2n) is 4.70. The van der Waals surface area contributed by atoms with Gasteiger partial charge in [-0.05, 0) is 53.1 Å². The van der Waals surface area contributed by atoms with Gasteiger partial charge in [-0.15, -0.1) is 0 Å². The van der Waals surface area contributed by atoms with Crippen molar-refractivity contribution in [3.05, 3.63) is 27.3 Å². The lowest BCUT2D eigenvalue weighted by Gasteiger charge is -2.19. The maximum absolute atomic E-state index is 12.0. The van der Waals surface area contributed by atoms with Crippen molar-refractivity contribution in [3.63, 3.8) is 0 Å². The van der Waals surface area contributed by atoms with E-state index in [4.69, 9.17) is 5.73 Å². The molecular formula is C13H19IN2O2. The fraction of sp³-hybridized carbons (Fsp3) is 0.462. The van der Waals surface area contributed by atoms with E-state index in [0.29, 0.717) is 18.0 Å². The Hall–Kier alpha value is -0.820. The fourth-order valence-electron chi connectivity index (χ4n) is 1.74. The van der Waals surface area contributed by atoms with Gasteiger partial charge in [0.05, 0.1) is 5.56 Å². The number of benzene rings is 1. The first-order chi connectivity index (χ1) is 8.43. The lowest BCUT2D eigenvalue weighted by molar-refractivity contribution is 0.0931. The monoisotopic (exact) mass is 362 g/mol. The molecule has 1 aromatic rings. The van der Waals surface area contributed by atoms with Crippen molar-refractivity contribution in [2.24, 2.45) is 11.7 Å². The minimum atomic E-state index is -0.276. The Balaban J connectivity index is 2.77. The molecule has 100 valence electrons. The Morgan fingerprint density at radius 1 is 1.50 bits per heavy atom. The number of carbonyl (C=O) groups is 1. The zero-order chi connectivity index (χ0) is 13.7. The number of hydrogen-bond acceptors (Lipinski definition) is 3. The Kier molecular flexibility index (Phi) is 5.87. The summed E-state index contributed by atoms with van der Waals surface area (Å²) in [5.41, 5.74) is 5.93. The van der Waals surface area contributed by atoms with E-state index in [1.807, 2.05) is 0 Å². The summed E-state index contributed by atoms with van der Waals surface area (Å²) in [7, 11) is 0. The molecule has 0 radical (unpaired) electrons. The van der Waals surface area contributed by atoms with Gasteiger partial charge in [0, 0.05) is 16.2 Å². The second-order valence-corrected chi connectivity index (χ2v) is 5.94. The van der Waals surface area contributed by atoms with Crippen LogP contribution in [0.25, 0.3) is 0 Å². The molecule has 1 aromatic carbocycles. The van der Waals surface area contributed by atoms with Crippen molar-refractivity contribution < 1.29 is 9.90 Å². The highest BCUT2D eigenvalue weighted by atomic mass is 127. The van der Waals surface area contributed by atoms with Crippen LogP contribution < -0.4 is 11.1 Å². The molecule has 0 aliphatic rings. The summed E-state index contributed by atoms with van der Waals surface area (Å²) in [4.78, 5) is 12.0. The second kappa shape index (κ2) is 6.94. The van der Waals surface area contributed by atoms with E-state index in [-0.39, 0.29) is 17.7 Å². The molecule has 0 aromatic heterocycles. The van der Waals surface area contributed by atoms with Gasteiger partial charge in [0.2, 0.25) is 0 Å².